The molecule has 1 aromatic rings. The van der Waals surface area contributed by atoms with E-state index in [4.69, 9.17) is 12.6 Å². The van der Waals surface area contributed by atoms with Crippen LogP contribution in [0.3, 0.4) is 0 Å². The molecule has 0 aliphatic heterocycles. The average molecular weight is 315 g/mol. The van der Waals surface area contributed by atoms with Gasteiger partial charge in [-0.15, -0.1) is 0 Å². The fraction of sp³-hybridized carbons (Fsp3) is 0.200. The molecular formula is C10H13N6SZn-. The van der Waals surface area contributed by atoms with Crippen molar-refractivity contribution in [3.05, 3.63) is 24.4 Å². The predicted octanol–water partition coefficient (Wildman–Crippen LogP) is 0.975. The van der Waals surface area contributed by atoms with Crippen molar-refractivity contribution >= 4 is 35.5 Å². The number of amidine groups is 1. The Bertz CT molecular complexity index is 431. The van der Waals surface area contributed by atoms with Crippen LogP contribution in [0.25, 0.3) is 0 Å². The summed E-state index contributed by atoms with van der Waals surface area (Å²) in [5, 5.41) is 14.6. The minimum absolute atomic E-state index is 0. The molecule has 0 aromatic carbocycles. The van der Waals surface area contributed by atoms with Crippen molar-refractivity contribution < 1.29 is 19.5 Å². The van der Waals surface area contributed by atoms with Gasteiger partial charge in [0.15, 0.2) is 0 Å². The van der Waals surface area contributed by atoms with Crippen LogP contribution in [0.5, 0.6) is 0 Å². The van der Waals surface area contributed by atoms with E-state index in [9.17, 15) is 0 Å². The standard InChI is InChI=1S/C10H14N6S.Zn/c1-8(14-16-10(17)11-2)7-13-15-9-5-3-4-6-12-9;/h3-7H,1-2H3,(H,12,15)(H2,11,16,17);/p-1. The van der Waals surface area contributed by atoms with Gasteiger partial charge in [0.25, 0.3) is 0 Å². The van der Waals surface area contributed by atoms with E-state index in [0.717, 1.165) is 0 Å². The Morgan fingerprint density at radius 3 is 2.78 bits per heavy atom. The topological polar surface area (TPSA) is 74.0 Å². The third-order valence-corrected chi connectivity index (χ3v) is 1.89. The molecule has 92 valence electrons. The Kier molecular flexibility index (Phi) is 8.87. The number of pyridine rings is 1. The first-order chi connectivity index (χ1) is 8.22. The summed E-state index contributed by atoms with van der Waals surface area (Å²) in [5.41, 5.74) is 3.40. The average Bonchev–Trinajstić information content (AvgIpc) is 2.37. The van der Waals surface area contributed by atoms with Crippen molar-refractivity contribution in [3.8, 4) is 0 Å². The number of hydrazone groups is 1. The summed E-state index contributed by atoms with van der Waals surface area (Å²) in [6.07, 6.45) is 3.22. The number of hydrogen-bond acceptors (Lipinski definition) is 6. The molecule has 18 heavy (non-hydrogen) atoms. The minimum atomic E-state index is 0. The normalized spacial score (nSPS) is 12.1. The van der Waals surface area contributed by atoms with Crippen LogP contribution >= 0.6 is 0 Å². The summed E-state index contributed by atoms with van der Waals surface area (Å²) >= 11 is 4.81. The van der Waals surface area contributed by atoms with E-state index < -0.39 is 0 Å². The molecule has 0 bridgehead atoms. The van der Waals surface area contributed by atoms with E-state index in [0.29, 0.717) is 16.7 Å². The fourth-order valence-electron chi connectivity index (χ4n) is 0.821. The first-order valence-corrected chi connectivity index (χ1v) is 5.30. The van der Waals surface area contributed by atoms with Gasteiger partial charge in [0.1, 0.15) is 5.82 Å². The van der Waals surface area contributed by atoms with Crippen LogP contribution in [0, 0.1) is 0 Å². The van der Waals surface area contributed by atoms with Crippen LogP contribution < -0.4 is 10.7 Å². The van der Waals surface area contributed by atoms with Gasteiger partial charge < -0.3 is 17.9 Å². The number of aromatic nitrogens is 1. The van der Waals surface area contributed by atoms with Gasteiger partial charge in [0, 0.05) is 32.7 Å². The molecule has 0 fully saturated rings. The van der Waals surface area contributed by atoms with Gasteiger partial charge in [-0.3, -0.25) is 5.43 Å². The molecule has 2 N–H and O–H groups in total. The Hall–Kier alpha value is -1.40. The first-order valence-electron chi connectivity index (χ1n) is 4.89. The third kappa shape index (κ3) is 7.03. The minimum Gasteiger partial charge on any atom is -0.741 e. The van der Waals surface area contributed by atoms with Crippen molar-refractivity contribution in [2.75, 3.05) is 12.5 Å². The van der Waals surface area contributed by atoms with Crippen LogP contribution in [-0.4, -0.2) is 29.1 Å². The quantitative estimate of drug-likeness (QED) is 0.286. The van der Waals surface area contributed by atoms with Crippen LogP contribution in [0.15, 0.2) is 39.7 Å². The van der Waals surface area contributed by atoms with Gasteiger partial charge >= 0.3 is 0 Å². The maximum atomic E-state index is 4.81. The van der Waals surface area contributed by atoms with Crippen LogP contribution in [0.2, 0.25) is 0 Å². The molecule has 0 aliphatic carbocycles. The summed E-state index contributed by atoms with van der Waals surface area (Å²) in [4.78, 5) is 4.04. The van der Waals surface area contributed by atoms with E-state index in [1.165, 1.54) is 6.21 Å². The second kappa shape index (κ2) is 9.61. The molecule has 1 rings (SSSR count). The van der Waals surface area contributed by atoms with Gasteiger partial charge in [0.05, 0.1) is 11.9 Å². The number of hydrogen-bond donors (Lipinski definition) is 2. The molecule has 0 aliphatic rings. The van der Waals surface area contributed by atoms with Crippen molar-refractivity contribution in [3.63, 3.8) is 0 Å². The fourth-order valence-corrected chi connectivity index (χ4v) is 0.862. The number of nitrogens with one attached hydrogen (secondary N) is 2. The smallest absolute Gasteiger partial charge is 0.146 e. The SMILES string of the molecule is CNC([S-])=NN=C(C)C=NNc1ccccn1.[Zn]. The number of anilines is 1. The summed E-state index contributed by atoms with van der Waals surface area (Å²) in [7, 11) is 1.69. The molecule has 0 saturated carbocycles. The van der Waals surface area contributed by atoms with E-state index in [-0.39, 0.29) is 19.5 Å². The second-order valence-corrected chi connectivity index (χ2v) is 3.37. The Morgan fingerprint density at radius 1 is 1.39 bits per heavy atom. The summed E-state index contributed by atoms with van der Waals surface area (Å²) in [6.45, 7) is 1.77. The molecule has 0 atom stereocenters. The first kappa shape index (κ1) is 16.6. The molecule has 6 nitrogen and oxygen atoms in total. The van der Waals surface area contributed by atoms with E-state index in [1.807, 2.05) is 18.2 Å². The molecule has 0 amide bonds. The number of nitrogens with zero attached hydrogens (tertiary/aromatic N) is 4. The summed E-state index contributed by atoms with van der Waals surface area (Å²) < 4.78 is 0. The largest absolute Gasteiger partial charge is 0.741 e. The van der Waals surface area contributed by atoms with Gasteiger partial charge in [-0.2, -0.15) is 15.3 Å². The van der Waals surface area contributed by atoms with E-state index in [1.54, 1.807) is 20.2 Å². The Balaban J connectivity index is 0.00000289. The number of rotatable bonds is 4. The zero-order valence-electron chi connectivity index (χ0n) is 10.3. The second-order valence-electron chi connectivity index (χ2n) is 2.98. The molecule has 8 heteroatoms. The monoisotopic (exact) mass is 313 g/mol. The van der Waals surface area contributed by atoms with Gasteiger partial charge in [-0.1, -0.05) is 6.07 Å². The molecule has 0 spiro atoms. The maximum Gasteiger partial charge on any atom is 0.146 e. The zero-order chi connectivity index (χ0) is 12.5. The van der Waals surface area contributed by atoms with Crippen molar-refractivity contribution in [2.45, 2.75) is 6.92 Å². The van der Waals surface area contributed by atoms with Crippen molar-refractivity contribution in [1.29, 1.82) is 0 Å². The summed E-state index contributed by atoms with van der Waals surface area (Å²) in [6, 6.07) is 5.51. The van der Waals surface area contributed by atoms with Crippen LogP contribution in [0.4, 0.5) is 5.82 Å². The van der Waals surface area contributed by atoms with E-state index >= 15 is 0 Å². The molecule has 1 heterocycles. The molecule has 1 aromatic heterocycles. The molecule has 0 unspecified atom stereocenters. The van der Waals surface area contributed by atoms with Crippen molar-refractivity contribution in [1.82, 2.24) is 10.3 Å². The van der Waals surface area contributed by atoms with Crippen LogP contribution in [-0.2, 0) is 32.1 Å². The molecule has 0 radical (unpaired) electrons. The summed E-state index contributed by atoms with van der Waals surface area (Å²) in [5.74, 6) is 0.666. The van der Waals surface area contributed by atoms with Gasteiger partial charge in [0.2, 0.25) is 0 Å². The third-order valence-electron chi connectivity index (χ3n) is 1.61. The van der Waals surface area contributed by atoms with Crippen molar-refractivity contribution in [2.24, 2.45) is 15.3 Å². The van der Waals surface area contributed by atoms with Gasteiger partial charge in [-0.05, 0) is 24.2 Å². The van der Waals surface area contributed by atoms with Gasteiger partial charge in [-0.25, -0.2) is 4.98 Å². The Labute approximate surface area is 124 Å². The van der Waals surface area contributed by atoms with Crippen LogP contribution in [0.1, 0.15) is 6.92 Å². The molecular weight excluding hydrogens is 302 g/mol. The predicted molar refractivity (Wildman–Crippen MR) is 73.3 cm³/mol. The van der Waals surface area contributed by atoms with E-state index in [2.05, 4.69) is 31.0 Å². The maximum absolute atomic E-state index is 4.81. The Morgan fingerprint density at radius 2 is 2.17 bits per heavy atom. The zero-order valence-corrected chi connectivity index (χ0v) is 14.1. The molecule has 0 saturated heterocycles.